The average Bonchev–Trinajstić information content (AvgIpc) is 2.85. The van der Waals surface area contributed by atoms with Gasteiger partial charge in [0.1, 0.15) is 0 Å². The van der Waals surface area contributed by atoms with Crippen LogP contribution in [0.5, 0.6) is 0 Å². The Morgan fingerprint density at radius 1 is 1.29 bits per heavy atom. The first-order valence-corrected chi connectivity index (χ1v) is 8.21. The van der Waals surface area contributed by atoms with Gasteiger partial charge >= 0.3 is 0 Å². The normalized spacial score (nSPS) is 14.3. The van der Waals surface area contributed by atoms with Crippen LogP contribution in [-0.2, 0) is 12.0 Å². The fraction of sp³-hybridized carbons (Fsp3) is 0.471. The number of benzene rings is 1. The van der Waals surface area contributed by atoms with Crippen molar-refractivity contribution in [3.05, 3.63) is 52.0 Å². The minimum absolute atomic E-state index is 0.0931. The summed E-state index contributed by atoms with van der Waals surface area (Å²) >= 11 is 1.72. The van der Waals surface area contributed by atoms with Crippen molar-refractivity contribution in [3.63, 3.8) is 0 Å². The van der Waals surface area contributed by atoms with Gasteiger partial charge in [0.05, 0.1) is 10.7 Å². The van der Waals surface area contributed by atoms with E-state index in [0.29, 0.717) is 0 Å². The molecule has 0 amide bonds. The summed E-state index contributed by atoms with van der Waals surface area (Å²) in [6.07, 6.45) is 0. The molecule has 0 aliphatic carbocycles. The van der Waals surface area contributed by atoms with Crippen LogP contribution in [0.1, 0.15) is 23.2 Å². The van der Waals surface area contributed by atoms with Crippen molar-refractivity contribution in [3.8, 4) is 0 Å². The van der Waals surface area contributed by atoms with E-state index in [1.165, 1.54) is 11.3 Å². The predicted octanol–water partition coefficient (Wildman–Crippen LogP) is 3.06. The molecule has 21 heavy (non-hydrogen) atoms. The molecule has 0 bridgehead atoms. The minimum atomic E-state index is 0.0931. The summed E-state index contributed by atoms with van der Waals surface area (Å²) in [7, 11) is 4.19. The number of thiazole rings is 1. The van der Waals surface area contributed by atoms with Crippen molar-refractivity contribution in [1.29, 1.82) is 0 Å². The Morgan fingerprint density at radius 3 is 2.57 bits per heavy atom. The highest BCUT2D eigenvalue weighted by molar-refractivity contribution is 7.09. The maximum absolute atomic E-state index is 4.56. The fourth-order valence-electron chi connectivity index (χ4n) is 2.89. The zero-order chi connectivity index (χ0) is 15.3. The highest BCUT2D eigenvalue weighted by atomic mass is 32.1. The quantitative estimate of drug-likeness (QED) is 0.852. The summed E-state index contributed by atoms with van der Waals surface area (Å²) in [5, 5.41) is 6.63. The smallest absolute Gasteiger partial charge is 0.0897 e. The van der Waals surface area contributed by atoms with Crippen molar-refractivity contribution >= 4 is 11.3 Å². The summed E-state index contributed by atoms with van der Waals surface area (Å²) in [6, 6.07) is 10.8. The molecule has 0 aliphatic heterocycles. The molecule has 3 nitrogen and oxygen atoms in total. The van der Waals surface area contributed by atoms with Crippen molar-refractivity contribution in [1.82, 2.24) is 15.2 Å². The molecular formula is C17H25N3S. The summed E-state index contributed by atoms with van der Waals surface area (Å²) in [5.41, 5.74) is 2.64. The molecule has 2 rings (SSSR count). The molecule has 1 aromatic carbocycles. The molecule has 1 N–H and O–H groups in total. The van der Waals surface area contributed by atoms with Gasteiger partial charge in [0.2, 0.25) is 0 Å². The van der Waals surface area contributed by atoms with Gasteiger partial charge in [-0.25, -0.2) is 4.98 Å². The van der Waals surface area contributed by atoms with Crippen LogP contribution in [0.15, 0.2) is 35.7 Å². The minimum Gasteiger partial charge on any atom is -0.319 e. The molecule has 0 aliphatic rings. The van der Waals surface area contributed by atoms with Gasteiger partial charge in [0.15, 0.2) is 0 Å². The monoisotopic (exact) mass is 303 g/mol. The van der Waals surface area contributed by atoms with Crippen molar-refractivity contribution in [2.75, 3.05) is 27.2 Å². The Kier molecular flexibility index (Phi) is 5.51. The number of rotatable bonds is 7. The standard InChI is InChI=1S/C17H25N3S/c1-14-19-16(11-21-14)10-20(4)13-17(2,12-18-3)15-8-6-5-7-9-15/h5-9,11,18H,10,12-13H2,1-4H3. The molecule has 1 aromatic heterocycles. The molecule has 0 fully saturated rings. The van der Waals surface area contributed by atoms with Crippen LogP contribution in [0, 0.1) is 6.92 Å². The molecule has 0 saturated carbocycles. The molecule has 114 valence electrons. The Hall–Kier alpha value is -1.23. The second-order valence-electron chi connectivity index (χ2n) is 5.99. The zero-order valence-corrected chi connectivity index (χ0v) is 14.2. The van der Waals surface area contributed by atoms with E-state index in [9.17, 15) is 0 Å². The second kappa shape index (κ2) is 7.16. The van der Waals surface area contributed by atoms with Gasteiger partial charge in [-0.2, -0.15) is 0 Å². The van der Waals surface area contributed by atoms with E-state index in [2.05, 4.69) is 71.8 Å². The summed E-state index contributed by atoms with van der Waals surface area (Å²) in [5.74, 6) is 0. The number of aromatic nitrogens is 1. The van der Waals surface area contributed by atoms with E-state index in [4.69, 9.17) is 0 Å². The predicted molar refractivity (Wildman–Crippen MR) is 90.9 cm³/mol. The van der Waals surface area contributed by atoms with Gasteiger partial charge in [0, 0.05) is 30.4 Å². The van der Waals surface area contributed by atoms with Gasteiger partial charge < -0.3 is 5.32 Å². The number of hydrogen-bond acceptors (Lipinski definition) is 4. The van der Waals surface area contributed by atoms with Crippen molar-refractivity contribution < 1.29 is 0 Å². The largest absolute Gasteiger partial charge is 0.319 e. The number of nitrogens with zero attached hydrogens (tertiary/aromatic N) is 2. The Morgan fingerprint density at radius 2 is 2.00 bits per heavy atom. The van der Waals surface area contributed by atoms with Crippen LogP contribution in [-0.4, -0.2) is 37.1 Å². The zero-order valence-electron chi connectivity index (χ0n) is 13.4. The van der Waals surface area contributed by atoms with E-state index in [-0.39, 0.29) is 5.41 Å². The molecule has 2 aromatic rings. The van der Waals surface area contributed by atoms with Gasteiger partial charge in [-0.15, -0.1) is 11.3 Å². The van der Waals surface area contributed by atoms with Gasteiger partial charge in [-0.05, 0) is 26.6 Å². The SMILES string of the molecule is CNCC(C)(CN(C)Cc1csc(C)n1)c1ccccc1. The summed E-state index contributed by atoms with van der Waals surface area (Å²) in [4.78, 5) is 6.92. The molecule has 1 unspecified atom stereocenters. The number of hydrogen-bond donors (Lipinski definition) is 1. The van der Waals surface area contributed by atoms with Crippen LogP contribution in [0.3, 0.4) is 0 Å². The van der Waals surface area contributed by atoms with Crippen molar-refractivity contribution in [2.45, 2.75) is 25.8 Å². The average molecular weight is 303 g/mol. The molecule has 1 atom stereocenters. The van der Waals surface area contributed by atoms with Crippen molar-refractivity contribution in [2.24, 2.45) is 0 Å². The molecular weight excluding hydrogens is 278 g/mol. The van der Waals surface area contributed by atoms with Crippen LogP contribution < -0.4 is 5.32 Å². The first-order chi connectivity index (χ1) is 10.0. The Bertz CT molecular complexity index is 552. The second-order valence-corrected chi connectivity index (χ2v) is 7.05. The third-order valence-electron chi connectivity index (χ3n) is 3.76. The number of likely N-dealkylation sites (N-methyl/N-ethyl adjacent to an activating group) is 2. The third kappa shape index (κ3) is 4.37. The number of aryl methyl sites for hydroxylation is 1. The van der Waals surface area contributed by atoms with Gasteiger partial charge in [-0.1, -0.05) is 37.3 Å². The maximum Gasteiger partial charge on any atom is 0.0897 e. The lowest BCUT2D eigenvalue weighted by Crippen LogP contribution is -2.43. The van der Waals surface area contributed by atoms with Crippen LogP contribution in [0.4, 0.5) is 0 Å². The van der Waals surface area contributed by atoms with E-state index in [1.807, 2.05) is 7.05 Å². The lowest BCUT2D eigenvalue weighted by Gasteiger charge is -2.34. The van der Waals surface area contributed by atoms with E-state index in [1.54, 1.807) is 11.3 Å². The number of nitrogens with one attached hydrogen (secondary N) is 1. The first-order valence-electron chi connectivity index (χ1n) is 7.33. The third-order valence-corrected chi connectivity index (χ3v) is 4.58. The molecule has 4 heteroatoms. The highest BCUT2D eigenvalue weighted by Crippen LogP contribution is 2.24. The maximum atomic E-state index is 4.56. The highest BCUT2D eigenvalue weighted by Gasteiger charge is 2.27. The summed E-state index contributed by atoms with van der Waals surface area (Å²) in [6.45, 7) is 7.23. The van der Waals surface area contributed by atoms with Gasteiger partial charge in [0.25, 0.3) is 0 Å². The van der Waals surface area contributed by atoms with E-state index < -0.39 is 0 Å². The molecule has 0 spiro atoms. The Labute approximate surface area is 132 Å². The molecule has 1 heterocycles. The molecule has 0 radical (unpaired) electrons. The Balaban J connectivity index is 2.08. The first kappa shape index (κ1) is 16.1. The lowest BCUT2D eigenvalue weighted by molar-refractivity contribution is 0.244. The lowest BCUT2D eigenvalue weighted by atomic mass is 9.82. The van der Waals surface area contributed by atoms with E-state index in [0.717, 1.165) is 24.6 Å². The topological polar surface area (TPSA) is 28.2 Å². The van der Waals surface area contributed by atoms with Crippen LogP contribution in [0.2, 0.25) is 0 Å². The van der Waals surface area contributed by atoms with E-state index >= 15 is 0 Å². The fourth-order valence-corrected chi connectivity index (χ4v) is 3.49. The van der Waals surface area contributed by atoms with Crippen LogP contribution in [0.25, 0.3) is 0 Å². The summed E-state index contributed by atoms with van der Waals surface area (Å²) < 4.78 is 0. The van der Waals surface area contributed by atoms with Gasteiger partial charge in [-0.3, -0.25) is 4.90 Å². The van der Waals surface area contributed by atoms with Crippen LogP contribution >= 0.6 is 11.3 Å². The molecule has 0 saturated heterocycles.